The van der Waals surface area contributed by atoms with Gasteiger partial charge in [-0.2, -0.15) is 0 Å². The van der Waals surface area contributed by atoms with E-state index in [9.17, 15) is 0 Å². The smallest absolute Gasteiger partial charge is 0.0646 e. The number of hydrogen-bond acceptors (Lipinski definition) is 2. The van der Waals surface area contributed by atoms with Crippen LogP contribution in [0.25, 0.3) is 0 Å². The summed E-state index contributed by atoms with van der Waals surface area (Å²) in [4.78, 5) is 0. The highest BCUT2D eigenvalue weighted by molar-refractivity contribution is 5.14. The zero-order chi connectivity index (χ0) is 12.7. The van der Waals surface area contributed by atoms with Crippen LogP contribution in [-0.2, 0) is 11.2 Å². The summed E-state index contributed by atoms with van der Waals surface area (Å²) in [6.07, 6.45) is 8.43. The van der Waals surface area contributed by atoms with Crippen LogP contribution in [0.3, 0.4) is 0 Å². The van der Waals surface area contributed by atoms with E-state index in [1.165, 1.54) is 31.2 Å². The molecule has 1 aromatic rings. The Hall–Kier alpha value is -0.860. The summed E-state index contributed by atoms with van der Waals surface area (Å²) in [6.45, 7) is 1.50. The molecule has 0 unspecified atom stereocenters. The maximum Gasteiger partial charge on any atom is 0.0646 e. The van der Waals surface area contributed by atoms with Crippen LogP contribution in [0.15, 0.2) is 30.3 Å². The van der Waals surface area contributed by atoms with Crippen LogP contribution in [0.2, 0.25) is 0 Å². The third-order valence-corrected chi connectivity index (χ3v) is 3.87. The van der Waals surface area contributed by atoms with Crippen molar-refractivity contribution in [1.29, 1.82) is 0 Å². The molecule has 0 aromatic heterocycles. The predicted molar refractivity (Wildman–Crippen MR) is 75.6 cm³/mol. The van der Waals surface area contributed by atoms with Gasteiger partial charge in [0.1, 0.15) is 0 Å². The topological polar surface area (TPSA) is 35.2 Å². The van der Waals surface area contributed by atoms with E-state index in [1.54, 1.807) is 0 Å². The van der Waals surface area contributed by atoms with E-state index in [1.807, 2.05) is 6.07 Å². The van der Waals surface area contributed by atoms with E-state index in [0.717, 1.165) is 32.5 Å². The number of benzene rings is 1. The summed E-state index contributed by atoms with van der Waals surface area (Å²) in [6, 6.07) is 10.5. The van der Waals surface area contributed by atoms with Gasteiger partial charge in [0.2, 0.25) is 0 Å². The van der Waals surface area contributed by atoms with Gasteiger partial charge in [-0.1, -0.05) is 56.0 Å². The summed E-state index contributed by atoms with van der Waals surface area (Å²) in [5.74, 6) is 0. The second-order valence-electron chi connectivity index (χ2n) is 5.56. The zero-order valence-corrected chi connectivity index (χ0v) is 11.2. The Morgan fingerprint density at radius 3 is 2.33 bits per heavy atom. The van der Waals surface area contributed by atoms with Crippen molar-refractivity contribution in [1.82, 2.24) is 0 Å². The molecule has 1 saturated carbocycles. The van der Waals surface area contributed by atoms with Crippen molar-refractivity contribution in [3.05, 3.63) is 35.9 Å². The van der Waals surface area contributed by atoms with Gasteiger partial charge >= 0.3 is 0 Å². The normalized spacial score (nSPS) is 19.4. The predicted octanol–water partition coefficient (Wildman–Crippen LogP) is 3.30. The highest BCUT2D eigenvalue weighted by Crippen LogP contribution is 2.25. The Morgan fingerprint density at radius 2 is 1.67 bits per heavy atom. The monoisotopic (exact) mass is 247 g/mol. The van der Waals surface area contributed by atoms with Crippen LogP contribution >= 0.6 is 0 Å². The van der Waals surface area contributed by atoms with Crippen LogP contribution in [0.1, 0.15) is 44.1 Å². The molecule has 0 radical (unpaired) electrons. The minimum Gasteiger partial charge on any atom is -0.379 e. The van der Waals surface area contributed by atoms with Gasteiger partial charge in [-0.15, -0.1) is 0 Å². The first-order chi connectivity index (χ1) is 8.79. The zero-order valence-electron chi connectivity index (χ0n) is 11.2. The summed E-state index contributed by atoms with van der Waals surface area (Å²) >= 11 is 0. The molecular formula is C16H25NO. The van der Waals surface area contributed by atoms with Gasteiger partial charge in [-0.3, -0.25) is 0 Å². The van der Waals surface area contributed by atoms with Crippen molar-refractivity contribution >= 4 is 0 Å². The number of rotatable bonds is 5. The van der Waals surface area contributed by atoms with Crippen molar-refractivity contribution in [2.45, 2.75) is 50.5 Å². The Kier molecular flexibility index (Phi) is 5.21. The first-order valence-electron chi connectivity index (χ1n) is 7.19. The van der Waals surface area contributed by atoms with Crippen molar-refractivity contribution in [3.63, 3.8) is 0 Å². The maximum atomic E-state index is 6.41. The molecule has 0 aliphatic heterocycles. The molecule has 1 aromatic carbocycles. The molecule has 0 bridgehead atoms. The molecule has 18 heavy (non-hydrogen) atoms. The highest BCUT2D eigenvalue weighted by Gasteiger charge is 2.26. The number of hydrogen-bond donors (Lipinski definition) is 1. The van der Waals surface area contributed by atoms with E-state index in [0.29, 0.717) is 0 Å². The number of nitrogens with two attached hydrogens (primary N) is 1. The van der Waals surface area contributed by atoms with Crippen molar-refractivity contribution < 1.29 is 4.74 Å². The Labute approximate surface area is 111 Å². The third-order valence-electron chi connectivity index (χ3n) is 3.87. The summed E-state index contributed by atoms with van der Waals surface area (Å²) in [7, 11) is 0. The van der Waals surface area contributed by atoms with E-state index < -0.39 is 0 Å². The summed E-state index contributed by atoms with van der Waals surface area (Å²) in [5.41, 5.74) is 7.69. The molecule has 2 heteroatoms. The molecular weight excluding hydrogens is 222 g/mol. The lowest BCUT2D eigenvalue weighted by molar-refractivity contribution is 0.0800. The first-order valence-corrected chi connectivity index (χ1v) is 7.19. The fraction of sp³-hybridized carbons (Fsp3) is 0.625. The van der Waals surface area contributed by atoms with Gasteiger partial charge in [0, 0.05) is 5.54 Å². The molecule has 0 atom stereocenters. The van der Waals surface area contributed by atoms with E-state index in [2.05, 4.69) is 24.3 Å². The molecule has 0 spiro atoms. The molecule has 0 saturated heterocycles. The molecule has 100 valence electrons. The standard InChI is InChI=1S/C16H25NO/c17-16(11-6-1-2-7-12-16)14-18-13-10-15-8-4-3-5-9-15/h3-5,8-9H,1-2,6-7,10-14,17H2. The first kappa shape index (κ1) is 13.6. The van der Waals surface area contributed by atoms with Crippen LogP contribution < -0.4 is 5.73 Å². The van der Waals surface area contributed by atoms with E-state index >= 15 is 0 Å². The largest absolute Gasteiger partial charge is 0.379 e. The van der Waals surface area contributed by atoms with Crippen LogP contribution in [0, 0.1) is 0 Å². The second-order valence-corrected chi connectivity index (χ2v) is 5.56. The highest BCUT2D eigenvalue weighted by atomic mass is 16.5. The third kappa shape index (κ3) is 4.43. The lowest BCUT2D eigenvalue weighted by Gasteiger charge is -2.27. The van der Waals surface area contributed by atoms with Gasteiger partial charge in [0.25, 0.3) is 0 Å². The molecule has 2 rings (SSSR count). The van der Waals surface area contributed by atoms with Crippen LogP contribution in [-0.4, -0.2) is 18.8 Å². The minimum atomic E-state index is -0.0623. The summed E-state index contributed by atoms with van der Waals surface area (Å²) < 4.78 is 5.81. The number of ether oxygens (including phenoxy) is 1. The molecule has 1 fully saturated rings. The van der Waals surface area contributed by atoms with E-state index in [4.69, 9.17) is 10.5 Å². The summed E-state index contributed by atoms with van der Waals surface area (Å²) in [5, 5.41) is 0. The SMILES string of the molecule is NC1(COCCc2ccccc2)CCCCCC1. The van der Waals surface area contributed by atoms with Crippen LogP contribution in [0.4, 0.5) is 0 Å². The molecule has 2 N–H and O–H groups in total. The quantitative estimate of drug-likeness (QED) is 0.640. The van der Waals surface area contributed by atoms with Gasteiger partial charge in [-0.25, -0.2) is 0 Å². The fourth-order valence-corrected chi connectivity index (χ4v) is 2.69. The Balaban J connectivity index is 1.68. The van der Waals surface area contributed by atoms with Gasteiger partial charge in [-0.05, 0) is 24.8 Å². The van der Waals surface area contributed by atoms with Crippen molar-refractivity contribution in [2.75, 3.05) is 13.2 Å². The average molecular weight is 247 g/mol. The Bertz CT molecular complexity index is 328. The lowest BCUT2D eigenvalue weighted by atomic mass is 9.93. The van der Waals surface area contributed by atoms with Gasteiger partial charge in [0.15, 0.2) is 0 Å². The minimum absolute atomic E-state index is 0.0623. The van der Waals surface area contributed by atoms with E-state index in [-0.39, 0.29) is 5.54 Å². The second kappa shape index (κ2) is 6.91. The van der Waals surface area contributed by atoms with Gasteiger partial charge < -0.3 is 10.5 Å². The fourth-order valence-electron chi connectivity index (χ4n) is 2.69. The lowest BCUT2D eigenvalue weighted by Crippen LogP contribution is -2.44. The van der Waals surface area contributed by atoms with Gasteiger partial charge in [0.05, 0.1) is 13.2 Å². The average Bonchev–Trinajstić information content (AvgIpc) is 2.61. The molecule has 1 aliphatic carbocycles. The molecule has 0 heterocycles. The molecule has 0 amide bonds. The molecule has 1 aliphatic rings. The van der Waals surface area contributed by atoms with Crippen molar-refractivity contribution in [3.8, 4) is 0 Å². The Morgan fingerprint density at radius 1 is 1.00 bits per heavy atom. The van der Waals surface area contributed by atoms with Crippen molar-refractivity contribution in [2.24, 2.45) is 5.73 Å². The van der Waals surface area contributed by atoms with Crippen LogP contribution in [0.5, 0.6) is 0 Å². The maximum absolute atomic E-state index is 6.41. The molecule has 2 nitrogen and oxygen atoms in total.